The smallest absolute Gasteiger partial charge is 0.287 e. The van der Waals surface area contributed by atoms with E-state index in [0.29, 0.717) is 25.4 Å². The van der Waals surface area contributed by atoms with Gasteiger partial charge in [-0.3, -0.25) is 4.79 Å². The summed E-state index contributed by atoms with van der Waals surface area (Å²) in [5.41, 5.74) is 0.179. The molecule has 1 N–H and O–H groups in total. The lowest BCUT2D eigenvalue weighted by Crippen LogP contribution is -2.26. The van der Waals surface area contributed by atoms with Gasteiger partial charge in [0.1, 0.15) is 10.0 Å². The van der Waals surface area contributed by atoms with Crippen molar-refractivity contribution >= 4 is 28.6 Å². The van der Waals surface area contributed by atoms with Gasteiger partial charge in [-0.15, -0.1) is 11.3 Å². The lowest BCUT2D eigenvalue weighted by atomic mass is 10.4. The zero-order valence-corrected chi connectivity index (χ0v) is 11.9. The average Bonchev–Trinajstić information content (AvgIpc) is 2.92. The number of ether oxygens (including phenoxy) is 1. The normalized spacial score (nSPS) is 10.6. The van der Waals surface area contributed by atoms with E-state index in [1.54, 1.807) is 13.3 Å². The molecule has 8 heteroatoms. The number of nitrogens with one attached hydrogen (secondary N) is 1. The van der Waals surface area contributed by atoms with Crippen LogP contribution in [0.1, 0.15) is 5.01 Å². The van der Waals surface area contributed by atoms with Crippen molar-refractivity contribution in [3.05, 3.63) is 38.2 Å². The third-order valence-corrected chi connectivity index (χ3v) is 3.55. The Balaban J connectivity index is 2.09. The molecule has 0 bridgehead atoms. The van der Waals surface area contributed by atoms with Crippen molar-refractivity contribution < 1.29 is 4.74 Å². The van der Waals surface area contributed by atoms with Gasteiger partial charge in [-0.25, -0.2) is 9.67 Å². The largest absolute Gasteiger partial charge is 0.383 e. The molecule has 19 heavy (non-hydrogen) atoms. The number of rotatable bonds is 6. The molecule has 2 rings (SSSR count). The number of anilines is 1. The number of hydrogen-bond donors (Lipinski definition) is 1. The number of halogens is 1. The minimum atomic E-state index is -0.331. The lowest BCUT2D eigenvalue weighted by molar-refractivity contribution is 0.182. The van der Waals surface area contributed by atoms with E-state index in [1.807, 2.05) is 5.38 Å². The second kappa shape index (κ2) is 6.65. The summed E-state index contributed by atoms with van der Waals surface area (Å²) in [5.74, 6) is 0. The Morgan fingerprint density at radius 2 is 2.42 bits per heavy atom. The fourth-order valence-electron chi connectivity index (χ4n) is 1.44. The fraction of sp³-hybridized carbons (Fsp3) is 0.364. The molecule has 0 aliphatic carbocycles. The maximum Gasteiger partial charge on any atom is 0.287 e. The van der Waals surface area contributed by atoms with Gasteiger partial charge in [-0.1, -0.05) is 11.6 Å². The summed E-state index contributed by atoms with van der Waals surface area (Å²) in [6.07, 6.45) is 3.26. The fourth-order valence-corrected chi connectivity index (χ4v) is 2.21. The molecule has 0 fully saturated rings. The summed E-state index contributed by atoms with van der Waals surface area (Å²) in [6, 6.07) is 0. The Kier molecular flexibility index (Phi) is 4.89. The van der Waals surface area contributed by atoms with E-state index in [4.69, 9.17) is 16.3 Å². The molecule has 102 valence electrons. The van der Waals surface area contributed by atoms with E-state index in [9.17, 15) is 4.79 Å². The number of nitrogens with zero attached hydrogens (tertiary/aromatic N) is 3. The van der Waals surface area contributed by atoms with E-state index < -0.39 is 0 Å². The summed E-state index contributed by atoms with van der Waals surface area (Å²) >= 11 is 7.55. The van der Waals surface area contributed by atoms with Gasteiger partial charge in [-0.05, 0) is 0 Å². The molecule has 0 aliphatic heterocycles. The topological polar surface area (TPSA) is 69.0 Å². The van der Waals surface area contributed by atoms with Crippen LogP contribution in [-0.4, -0.2) is 28.5 Å². The molecule has 2 aromatic rings. The molecule has 0 saturated heterocycles. The molecule has 2 aromatic heterocycles. The molecular weight excluding hydrogens is 288 g/mol. The maximum absolute atomic E-state index is 11.9. The van der Waals surface area contributed by atoms with E-state index in [2.05, 4.69) is 15.4 Å². The van der Waals surface area contributed by atoms with Gasteiger partial charge in [0, 0.05) is 18.7 Å². The van der Waals surface area contributed by atoms with Crippen LogP contribution in [0.25, 0.3) is 0 Å². The Labute approximate surface area is 119 Å². The maximum atomic E-state index is 11.9. The van der Waals surface area contributed by atoms with Gasteiger partial charge in [-0.2, -0.15) is 5.10 Å². The molecule has 2 heterocycles. The van der Waals surface area contributed by atoms with Crippen LogP contribution in [0.3, 0.4) is 0 Å². The highest BCUT2D eigenvalue weighted by Gasteiger charge is 2.09. The number of thiazole rings is 1. The van der Waals surface area contributed by atoms with Crippen LogP contribution < -0.4 is 10.9 Å². The first-order valence-electron chi connectivity index (χ1n) is 5.59. The van der Waals surface area contributed by atoms with Gasteiger partial charge < -0.3 is 10.1 Å². The Morgan fingerprint density at radius 1 is 1.58 bits per heavy atom. The Hall–Kier alpha value is -1.44. The number of aromatic nitrogens is 3. The molecule has 0 aliphatic rings. The molecular formula is C11H13ClN4O2S. The third-order valence-electron chi connectivity index (χ3n) is 2.41. The SMILES string of the molecule is COCCn1ncc(NCc2nccs2)c(Cl)c1=O. The van der Waals surface area contributed by atoms with Crippen molar-refractivity contribution in [1.82, 2.24) is 14.8 Å². The first kappa shape index (κ1) is 14.0. The first-order chi connectivity index (χ1) is 9.22. The number of methoxy groups -OCH3 is 1. The monoisotopic (exact) mass is 300 g/mol. The summed E-state index contributed by atoms with van der Waals surface area (Å²) in [6.45, 7) is 1.30. The molecule has 0 aromatic carbocycles. The van der Waals surface area contributed by atoms with E-state index >= 15 is 0 Å². The third kappa shape index (κ3) is 3.52. The van der Waals surface area contributed by atoms with Crippen molar-refractivity contribution in [3.63, 3.8) is 0 Å². The molecule has 0 radical (unpaired) electrons. The Bertz CT molecular complexity index is 585. The first-order valence-corrected chi connectivity index (χ1v) is 6.85. The molecule has 0 unspecified atom stereocenters. The predicted molar refractivity (Wildman–Crippen MR) is 74.8 cm³/mol. The minimum absolute atomic E-state index is 0.127. The van der Waals surface area contributed by atoms with Crippen LogP contribution in [0.5, 0.6) is 0 Å². The van der Waals surface area contributed by atoms with E-state index in [0.717, 1.165) is 5.01 Å². The highest BCUT2D eigenvalue weighted by molar-refractivity contribution is 7.09. The second-order valence-electron chi connectivity index (χ2n) is 3.67. The lowest BCUT2D eigenvalue weighted by Gasteiger charge is -2.09. The molecule has 6 nitrogen and oxygen atoms in total. The quantitative estimate of drug-likeness (QED) is 0.878. The van der Waals surface area contributed by atoms with Crippen LogP contribution in [0.15, 0.2) is 22.6 Å². The van der Waals surface area contributed by atoms with Crippen LogP contribution in [0, 0.1) is 0 Å². The van der Waals surface area contributed by atoms with Gasteiger partial charge >= 0.3 is 0 Å². The van der Waals surface area contributed by atoms with Crippen LogP contribution in [-0.2, 0) is 17.8 Å². The van der Waals surface area contributed by atoms with Crippen LogP contribution >= 0.6 is 22.9 Å². The second-order valence-corrected chi connectivity index (χ2v) is 5.03. The van der Waals surface area contributed by atoms with Crippen molar-refractivity contribution in [2.45, 2.75) is 13.1 Å². The average molecular weight is 301 g/mol. The van der Waals surface area contributed by atoms with Crippen molar-refractivity contribution in [2.24, 2.45) is 0 Å². The minimum Gasteiger partial charge on any atom is -0.383 e. The van der Waals surface area contributed by atoms with Gasteiger partial charge in [0.2, 0.25) is 0 Å². The standard InChI is InChI=1S/C11H13ClN4O2S/c1-18-4-3-16-11(17)10(12)8(6-15-16)14-7-9-13-2-5-19-9/h2,5-6,14H,3-4,7H2,1H3. The van der Waals surface area contributed by atoms with Crippen LogP contribution in [0.4, 0.5) is 5.69 Å². The van der Waals surface area contributed by atoms with Crippen LogP contribution in [0.2, 0.25) is 5.02 Å². The van der Waals surface area contributed by atoms with Crippen molar-refractivity contribution in [1.29, 1.82) is 0 Å². The molecule has 0 atom stereocenters. The zero-order valence-electron chi connectivity index (χ0n) is 10.3. The molecule has 0 spiro atoms. The van der Waals surface area contributed by atoms with E-state index in [1.165, 1.54) is 22.2 Å². The predicted octanol–water partition coefficient (Wildman–Crippen LogP) is 1.61. The summed E-state index contributed by atoms with van der Waals surface area (Å²) in [5, 5.41) is 10.0. The van der Waals surface area contributed by atoms with Gasteiger partial charge in [0.15, 0.2) is 0 Å². The molecule has 0 saturated carbocycles. The van der Waals surface area contributed by atoms with E-state index in [-0.39, 0.29) is 10.6 Å². The van der Waals surface area contributed by atoms with Gasteiger partial charge in [0.05, 0.1) is 31.6 Å². The number of hydrogen-bond acceptors (Lipinski definition) is 6. The highest BCUT2D eigenvalue weighted by atomic mass is 35.5. The zero-order chi connectivity index (χ0) is 13.7. The van der Waals surface area contributed by atoms with Crippen molar-refractivity contribution in [2.75, 3.05) is 19.0 Å². The Morgan fingerprint density at radius 3 is 3.11 bits per heavy atom. The highest BCUT2D eigenvalue weighted by Crippen LogP contribution is 2.16. The van der Waals surface area contributed by atoms with Gasteiger partial charge in [0.25, 0.3) is 5.56 Å². The summed E-state index contributed by atoms with van der Waals surface area (Å²) in [7, 11) is 1.57. The summed E-state index contributed by atoms with van der Waals surface area (Å²) in [4.78, 5) is 16.1. The molecule has 0 amide bonds. The van der Waals surface area contributed by atoms with Crippen molar-refractivity contribution in [3.8, 4) is 0 Å². The summed E-state index contributed by atoms with van der Waals surface area (Å²) < 4.78 is 6.18.